The van der Waals surface area contributed by atoms with Crippen LogP contribution in [0.1, 0.15) is 33.6 Å². The maximum Gasteiger partial charge on any atom is 0.321 e. The number of ether oxygens (including phenoxy) is 1. The van der Waals surface area contributed by atoms with Gasteiger partial charge in [-0.3, -0.25) is 0 Å². The number of aliphatic hydroxyl groups is 1. The number of urea groups is 1. The van der Waals surface area contributed by atoms with Crippen LogP contribution in [0.4, 0.5) is 10.5 Å². The van der Waals surface area contributed by atoms with E-state index in [0.29, 0.717) is 13.1 Å². The standard InChI is InChI=1S/C16H26N2O3/c1-4-10-18(11-12-19)16(20)17-14-6-8-15(9-7-14)21-13(3)5-2/h6-9,13,19H,4-5,10-12H2,1-3H3,(H,17,20). The molecule has 1 rings (SSSR count). The van der Waals surface area contributed by atoms with E-state index in [-0.39, 0.29) is 18.7 Å². The molecule has 0 fully saturated rings. The van der Waals surface area contributed by atoms with Crippen molar-refractivity contribution < 1.29 is 14.6 Å². The third-order valence-corrected chi connectivity index (χ3v) is 3.17. The average Bonchev–Trinajstić information content (AvgIpc) is 2.48. The van der Waals surface area contributed by atoms with Crippen molar-refractivity contribution in [1.29, 1.82) is 0 Å². The molecule has 5 heteroatoms. The number of carbonyl (C=O) groups is 1. The van der Waals surface area contributed by atoms with Crippen LogP contribution in [0.15, 0.2) is 24.3 Å². The summed E-state index contributed by atoms with van der Waals surface area (Å²) >= 11 is 0. The van der Waals surface area contributed by atoms with Crippen LogP contribution >= 0.6 is 0 Å². The molecule has 21 heavy (non-hydrogen) atoms. The first-order chi connectivity index (χ1) is 10.1. The van der Waals surface area contributed by atoms with Crippen molar-refractivity contribution in [3.8, 4) is 5.75 Å². The number of hydrogen-bond acceptors (Lipinski definition) is 3. The summed E-state index contributed by atoms with van der Waals surface area (Å²) in [5, 5.41) is 11.8. The van der Waals surface area contributed by atoms with Gasteiger partial charge in [0.05, 0.1) is 12.7 Å². The van der Waals surface area contributed by atoms with E-state index in [1.165, 1.54) is 0 Å². The van der Waals surface area contributed by atoms with Crippen LogP contribution in [-0.4, -0.2) is 41.8 Å². The molecule has 0 radical (unpaired) electrons. The summed E-state index contributed by atoms with van der Waals surface area (Å²) in [5.74, 6) is 0.795. The third-order valence-electron chi connectivity index (χ3n) is 3.17. The molecule has 0 spiro atoms. The lowest BCUT2D eigenvalue weighted by atomic mass is 10.3. The number of rotatable bonds is 8. The van der Waals surface area contributed by atoms with Gasteiger partial charge in [-0.25, -0.2) is 4.79 Å². The van der Waals surface area contributed by atoms with Gasteiger partial charge in [0, 0.05) is 18.8 Å². The van der Waals surface area contributed by atoms with Crippen molar-refractivity contribution >= 4 is 11.7 Å². The monoisotopic (exact) mass is 294 g/mol. The first kappa shape index (κ1) is 17.3. The average molecular weight is 294 g/mol. The molecule has 0 saturated heterocycles. The zero-order valence-electron chi connectivity index (χ0n) is 13.1. The minimum atomic E-state index is -0.193. The van der Waals surface area contributed by atoms with Crippen molar-refractivity contribution in [2.75, 3.05) is 25.0 Å². The highest BCUT2D eigenvalue weighted by Gasteiger charge is 2.12. The van der Waals surface area contributed by atoms with Crippen molar-refractivity contribution in [2.24, 2.45) is 0 Å². The van der Waals surface area contributed by atoms with Crippen molar-refractivity contribution in [2.45, 2.75) is 39.7 Å². The summed E-state index contributed by atoms with van der Waals surface area (Å²) in [4.78, 5) is 13.7. The Balaban J connectivity index is 2.59. The van der Waals surface area contributed by atoms with Crippen LogP contribution in [0, 0.1) is 0 Å². The minimum absolute atomic E-state index is 0.0326. The summed E-state index contributed by atoms with van der Waals surface area (Å²) in [7, 11) is 0. The molecule has 2 N–H and O–H groups in total. The normalized spacial score (nSPS) is 11.8. The fourth-order valence-corrected chi connectivity index (χ4v) is 1.84. The second-order valence-electron chi connectivity index (χ2n) is 5.00. The Kier molecular flexibility index (Phi) is 7.61. The molecule has 0 bridgehead atoms. The molecule has 0 heterocycles. The Morgan fingerprint density at radius 1 is 1.29 bits per heavy atom. The summed E-state index contributed by atoms with van der Waals surface area (Å²) in [6.07, 6.45) is 1.98. The zero-order chi connectivity index (χ0) is 15.7. The van der Waals surface area contributed by atoms with E-state index in [2.05, 4.69) is 12.2 Å². The lowest BCUT2D eigenvalue weighted by Crippen LogP contribution is -2.37. The Bertz CT molecular complexity index is 414. The molecular formula is C16H26N2O3. The van der Waals surface area contributed by atoms with Crippen LogP contribution in [0.3, 0.4) is 0 Å². The van der Waals surface area contributed by atoms with Gasteiger partial charge in [0.1, 0.15) is 5.75 Å². The van der Waals surface area contributed by atoms with Crippen LogP contribution in [-0.2, 0) is 0 Å². The fraction of sp³-hybridized carbons (Fsp3) is 0.562. The molecular weight excluding hydrogens is 268 g/mol. The number of benzene rings is 1. The molecule has 0 aliphatic carbocycles. The van der Waals surface area contributed by atoms with E-state index in [1.807, 2.05) is 38.1 Å². The predicted molar refractivity (Wildman–Crippen MR) is 84.8 cm³/mol. The number of aliphatic hydroxyl groups excluding tert-OH is 1. The van der Waals surface area contributed by atoms with E-state index in [1.54, 1.807) is 4.90 Å². The van der Waals surface area contributed by atoms with E-state index in [4.69, 9.17) is 9.84 Å². The maximum absolute atomic E-state index is 12.1. The van der Waals surface area contributed by atoms with E-state index < -0.39 is 0 Å². The zero-order valence-corrected chi connectivity index (χ0v) is 13.1. The smallest absolute Gasteiger partial charge is 0.321 e. The SMILES string of the molecule is CCCN(CCO)C(=O)Nc1ccc(OC(C)CC)cc1. The van der Waals surface area contributed by atoms with Gasteiger partial charge in [-0.15, -0.1) is 0 Å². The second kappa shape index (κ2) is 9.23. The highest BCUT2D eigenvalue weighted by atomic mass is 16.5. The molecule has 1 atom stereocenters. The number of hydrogen-bond donors (Lipinski definition) is 2. The van der Waals surface area contributed by atoms with Gasteiger partial charge >= 0.3 is 6.03 Å². The Morgan fingerprint density at radius 3 is 2.48 bits per heavy atom. The number of nitrogens with one attached hydrogen (secondary N) is 1. The second-order valence-corrected chi connectivity index (χ2v) is 5.00. The largest absolute Gasteiger partial charge is 0.491 e. The maximum atomic E-state index is 12.1. The summed E-state index contributed by atoms with van der Waals surface area (Å²) in [6, 6.07) is 7.13. The molecule has 1 unspecified atom stereocenters. The van der Waals surface area contributed by atoms with Crippen molar-refractivity contribution in [1.82, 2.24) is 4.90 Å². The van der Waals surface area contributed by atoms with Crippen molar-refractivity contribution in [3.63, 3.8) is 0 Å². The van der Waals surface area contributed by atoms with E-state index >= 15 is 0 Å². The number of amides is 2. The molecule has 0 aliphatic rings. The Labute approximate surface area is 126 Å². The van der Waals surface area contributed by atoms with Gasteiger partial charge in [-0.1, -0.05) is 13.8 Å². The van der Waals surface area contributed by atoms with Crippen LogP contribution < -0.4 is 10.1 Å². The lowest BCUT2D eigenvalue weighted by molar-refractivity contribution is 0.188. The van der Waals surface area contributed by atoms with Crippen LogP contribution in [0.5, 0.6) is 5.75 Å². The Morgan fingerprint density at radius 2 is 1.95 bits per heavy atom. The molecule has 118 valence electrons. The summed E-state index contributed by atoms with van der Waals surface area (Å²) in [5.41, 5.74) is 0.718. The highest BCUT2D eigenvalue weighted by molar-refractivity contribution is 5.89. The molecule has 5 nitrogen and oxygen atoms in total. The number of carbonyl (C=O) groups excluding carboxylic acids is 1. The molecule has 1 aromatic carbocycles. The van der Waals surface area contributed by atoms with Crippen molar-refractivity contribution in [3.05, 3.63) is 24.3 Å². The van der Waals surface area contributed by atoms with Crippen LogP contribution in [0.2, 0.25) is 0 Å². The first-order valence-electron chi connectivity index (χ1n) is 7.54. The van der Waals surface area contributed by atoms with Gasteiger partial charge < -0.3 is 20.1 Å². The number of anilines is 1. The number of nitrogens with zero attached hydrogens (tertiary/aromatic N) is 1. The Hall–Kier alpha value is -1.75. The van der Waals surface area contributed by atoms with Gasteiger partial charge in [0.25, 0.3) is 0 Å². The van der Waals surface area contributed by atoms with Crippen LogP contribution in [0.25, 0.3) is 0 Å². The highest BCUT2D eigenvalue weighted by Crippen LogP contribution is 2.18. The summed E-state index contributed by atoms with van der Waals surface area (Å²) in [6.45, 7) is 7.03. The molecule has 1 aromatic rings. The molecule has 2 amide bonds. The molecule has 0 aliphatic heterocycles. The third kappa shape index (κ3) is 6.04. The first-order valence-corrected chi connectivity index (χ1v) is 7.54. The van der Waals surface area contributed by atoms with E-state index in [0.717, 1.165) is 24.3 Å². The lowest BCUT2D eigenvalue weighted by Gasteiger charge is -2.21. The topological polar surface area (TPSA) is 61.8 Å². The summed E-state index contributed by atoms with van der Waals surface area (Å²) < 4.78 is 5.69. The fourth-order valence-electron chi connectivity index (χ4n) is 1.84. The minimum Gasteiger partial charge on any atom is -0.491 e. The van der Waals surface area contributed by atoms with E-state index in [9.17, 15) is 4.79 Å². The predicted octanol–water partition coefficient (Wildman–Crippen LogP) is 3.10. The quantitative estimate of drug-likeness (QED) is 0.774. The van der Waals surface area contributed by atoms with Gasteiger partial charge in [-0.2, -0.15) is 0 Å². The van der Waals surface area contributed by atoms with Gasteiger partial charge in [0.15, 0.2) is 0 Å². The van der Waals surface area contributed by atoms with Gasteiger partial charge in [0.2, 0.25) is 0 Å². The molecule has 0 aromatic heterocycles. The van der Waals surface area contributed by atoms with Gasteiger partial charge in [-0.05, 0) is 44.0 Å². The molecule has 0 saturated carbocycles.